The molecule has 0 atom stereocenters. The Balaban J connectivity index is 2.21. The van der Waals surface area contributed by atoms with E-state index < -0.39 is 0 Å². The summed E-state index contributed by atoms with van der Waals surface area (Å²) >= 11 is 0. The van der Waals surface area contributed by atoms with E-state index in [1.807, 2.05) is 24.3 Å². The Morgan fingerprint density at radius 1 is 1.44 bits per heavy atom. The van der Waals surface area contributed by atoms with Gasteiger partial charge >= 0.3 is 5.97 Å². The van der Waals surface area contributed by atoms with Crippen LogP contribution in [-0.2, 0) is 16.1 Å². The number of hydroxylamine groups is 1. The van der Waals surface area contributed by atoms with E-state index in [0.29, 0.717) is 0 Å². The molecular formula is C12H13NO3. The Morgan fingerprint density at radius 3 is 2.94 bits per heavy atom. The molecule has 4 heteroatoms. The van der Waals surface area contributed by atoms with Gasteiger partial charge in [0, 0.05) is 18.1 Å². The summed E-state index contributed by atoms with van der Waals surface area (Å²) in [7, 11) is 1.65. The van der Waals surface area contributed by atoms with E-state index in [1.54, 1.807) is 7.11 Å². The van der Waals surface area contributed by atoms with Crippen molar-refractivity contribution in [2.45, 2.75) is 13.3 Å². The lowest BCUT2D eigenvalue weighted by molar-refractivity contribution is -0.145. The first-order chi connectivity index (χ1) is 7.72. The second kappa shape index (κ2) is 4.26. The molecule has 0 saturated carbocycles. The minimum absolute atomic E-state index is 0.364. The van der Waals surface area contributed by atoms with Crippen LogP contribution in [0, 0.1) is 0 Å². The van der Waals surface area contributed by atoms with Gasteiger partial charge in [-0.05, 0) is 12.5 Å². The Morgan fingerprint density at radius 2 is 2.25 bits per heavy atom. The molecule has 0 bridgehead atoms. The van der Waals surface area contributed by atoms with Crippen LogP contribution in [0.15, 0.2) is 24.3 Å². The van der Waals surface area contributed by atoms with Crippen molar-refractivity contribution < 1.29 is 14.4 Å². The largest absolute Gasteiger partial charge is 0.496 e. The van der Waals surface area contributed by atoms with Crippen LogP contribution in [0.5, 0.6) is 5.75 Å². The molecular weight excluding hydrogens is 206 g/mol. The van der Waals surface area contributed by atoms with Crippen molar-refractivity contribution in [1.82, 2.24) is 5.48 Å². The van der Waals surface area contributed by atoms with Crippen molar-refractivity contribution >= 4 is 11.7 Å². The molecule has 2 rings (SSSR count). The highest BCUT2D eigenvalue weighted by molar-refractivity contribution is 5.75. The van der Waals surface area contributed by atoms with Crippen molar-refractivity contribution in [3.63, 3.8) is 0 Å². The third-order valence-electron chi connectivity index (χ3n) is 2.46. The minimum Gasteiger partial charge on any atom is -0.496 e. The normalized spacial score (nSPS) is 12.8. The van der Waals surface area contributed by atoms with Crippen molar-refractivity contribution in [2.75, 3.05) is 7.11 Å². The number of hydrogen-bond acceptors (Lipinski definition) is 4. The molecule has 0 unspecified atom stereocenters. The number of allylic oxidation sites excluding steroid dienone is 1. The van der Waals surface area contributed by atoms with E-state index in [2.05, 4.69) is 5.48 Å². The van der Waals surface area contributed by atoms with Crippen LogP contribution in [0.3, 0.4) is 0 Å². The number of hydrogen-bond donors (Lipinski definition) is 1. The lowest BCUT2D eigenvalue weighted by Gasteiger charge is -2.10. The maximum absolute atomic E-state index is 10.7. The van der Waals surface area contributed by atoms with Crippen LogP contribution in [-0.4, -0.2) is 13.1 Å². The fourth-order valence-corrected chi connectivity index (χ4v) is 1.76. The van der Waals surface area contributed by atoms with Gasteiger partial charge in [-0.25, -0.2) is 5.48 Å². The standard InChI is InChI=1S/C12H13NO3/c1-8(14)16-13-11-7-6-10-9(11)4-3-5-12(10)15-2/h3-5,7,13H,6H2,1-2H3. The van der Waals surface area contributed by atoms with Gasteiger partial charge in [-0.3, -0.25) is 4.79 Å². The van der Waals surface area contributed by atoms with E-state index in [1.165, 1.54) is 6.92 Å². The lowest BCUT2D eigenvalue weighted by Crippen LogP contribution is -2.15. The summed E-state index contributed by atoms with van der Waals surface area (Å²) in [6.45, 7) is 1.36. The average Bonchev–Trinajstić information content (AvgIpc) is 2.69. The number of fused-ring (bicyclic) bond motifs is 1. The van der Waals surface area contributed by atoms with Crippen molar-refractivity contribution in [1.29, 1.82) is 0 Å². The van der Waals surface area contributed by atoms with Crippen molar-refractivity contribution in [3.8, 4) is 5.75 Å². The van der Waals surface area contributed by atoms with Crippen LogP contribution >= 0.6 is 0 Å². The smallest absolute Gasteiger partial charge is 0.329 e. The Hall–Kier alpha value is -1.97. The van der Waals surface area contributed by atoms with E-state index in [9.17, 15) is 4.79 Å². The molecule has 0 radical (unpaired) electrons. The third kappa shape index (κ3) is 1.86. The molecule has 0 aromatic heterocycles. The molecule has 0 amide bonds. The molecule has 1 aliphatic rings. The van der Waals surface area contributed by atoms with Gasteiger partial charge in [0.15, 0.2) is 0 Å². The summed E-state index contributed by atoms with van der Waals surface area (Å²) in [6.07, 6.45) is 2.75. The van der Waals surface area contributed by atoms with Gasteiger partial charge in [0.2, 0.25) is 0 Å². The molecule has 84 valence electrons. The summed E-state index contributed by atoms with van der Waals surface area (Å²) in [5.74, 6) is 0.491. The first kappa shape index (κ1) is 10.5. The maximum Gasteiger partial charge on any atom is 0.329 e. The van der Waals surface area contributed by atoms with E-state index >= 15 is 0 Å². The van der Waals surface area contributed by atoms with Crippen molar-refractivity contribution in [2.24, 2.45) is 0 Å². The summed E-state index contributed by atoms with van der Waals surface area (Å²) in [5.41, 5.74) is 5.58. The number of benzene rings is 1. The predicted molar refractivity (Wildman–Crippen MR) is 59.6 cm³/mol. The Labute approximate surface area is 93.8 Å². The number of carbonyl (C=O) groups is 1. The molecule has 0 fully saturated rings. The van der Waals surface area contributed by atoms with Crippen LogP contribution < -0.4 is 10.2 Å². The molecule has 0 aliphatic heterocycles. The van der Waals surface area contributed by atoms with Crippen LogP contribution in [0.4, 0.5) is 0 Å². The second-order valence-electron chi connectivity index (χ2n) is 3.50. The Bertz CT molecular complexity index is 452. The number of rotatable bonds is 3. The zero-order chi connectivity index (χ0) is 11.5. The van der Waals surface area contributed by atoms with Crippen LogP contribution in [0.25, 0.3) is 5.70 Å². The molecule has 1 aromatic rings. The highest BCUT2D eigenvalue weighted by Gasteiger charge is 2.18. The molecule has 16 heavy (non-hydrogen) atoms. The zero-order valence-electron chi connectivity index (χ0n) is 9.24. The first-order valence-electron chi connectivity index (χ1n) is 5.02. The molecule has 4 nitrogen and oxygen atoms in total. The van der Waals surface area contributed by atoms with Gasteiger partial charge in [-0.2, -0.15) is 0 Å². The monoisotopic (exact) mass is 219 g/mol. The van der Waals surface area contributed by atoms with Gasteiger partial charge in [0.1, 0.15) is 5.75 Å². The van der Waals surface area contributed by atoms with E-state index in [-0.39, 0.29) is 5.97 Å². The number of ether oxygens (including phenoxy) is 1. The average molecular weight is 219 g/mol. The fraction of sp³-hybridized carbons (Fsp3) is 0.250. The maximum atomic E-state index is 10.7. The highest BCUT2D eigenvalue weighted by Crippen LogP contribution is 2.32. The number of carbonyl (C=O) groups excluding carboxylic acids is 1. The predicted octanol–water partition coefficient (Wildman–Crippen LogP) is 1.66. The second-order valence-corrected chi connectivity index (χ2v) is 3.50. The molecule has 1 aliphatic carbocycles. The topological polar surface area (TPSA) is 47.6 Å². The highest BCUT2D eigenvalue weighted by atomic mass is 16.7. The molecule has 1 N–H and O–H groups in total. The summed E-state index contributed by atoms with van der Waals surface area (Å²) < 4.78 is 5.26. The summed E-state index contributed by atoms with van der Waals surface area (Å²) in [6, 6.07) is 5.79. The molecule has 0 saturated heterocycles. The molecule has 1 aromatic carbocycles. The van der Waals surface area contributed by atoms with Gasteiger partial charge < -0.3 is 9.57 Å². The van der Waals surface area contributed by atoms with Crippen LogP contribution in [0.1, 0.15) is 18.1 Å². The zero-order valence-corrected chi connectivity index (χ0v) is 9.24. The SMILES string of the molecule is COc1cccc2c1CC=C2NOC(C)=O. The van der Waals surface area contributed by atoms with E-state index in [4.69, 9.17) is 9.57 Å². The van der Waals surface area contributed by atoms with Gasteiger partial charge in [0.25, 0.3) is 0 Å². The number of nitrogens with one attached hydrogen (secondary N) is 1. The summed E-state index contributed by atoms with van der Waals surface area (Å²) in [4.78, 5) is 15.5. The fourth-order valence-electron chi connectivity index (χ4n) is 1.76. The number of methoxy groups -OCH3 is 1. The molecule has 0 heterocycles. The van der Waals surface area contributed by atoms with Crippen molar-refractivity contribution in [3.05, 3.63) is 35.4 Å². The van der Waals surface area contributed by atoms with Crippen LogP contribution in [0.2, 0.25) is 0 Å². The van der Waals surface area contributed by atoms with E-state index in [0.717, 1.165) is 29.0 Å². The summed E-state index contributed by atoms with van der Waals surface area (Å²) in [5, 5.41) is 0. The van der Waals surface area contributed by atoms with Gasteiger partial charge in [-0.15, -0.1) is 0 Å². The first-order valence-corrected chi connectivity index (χ1v) is 5.02. The van der Waals surface area contributed by atoms with Gasteiger partial charge in [-0.1, -0.05) is 18.2 Å². The minimum atomic E-state index is -0.364. The quantitative estimate of drug-likeness (QED) is 0.785. The lowest BCUT2D eigenvalue weighted by atomic mass is 10.1. The third-order valence-corrected chi connectivity index (χ3v) is 2.46. The molecule has 0 spiro atoms. The van der Waals surface area contributed by atoms with Gasteiger partial charge in [0.05, 0.1) is 12.8 Å². The Kier molecular flexibility index (Phi) is 2.81.